The summed E-state index contributed by atoms with van der Waals surface area (Å²) in [5.41, 5.74) is 8.04. The molecule has 1 amide bonds. The molecule has 2 aromatic rings. The summed E-state index contributed by atoms with van der Waals surface area (Å²) in [7, 11) is 3.18. The van der Waals surface area contributed by atoms with E-state index in [0.29, 0.717) is 23.6 Å². The minimum Gasteiger partial charge on any atom is -0.493 e. The van der Waals surface area contributed by atoms with Gasteiger partial charge >= 0.3 is 0 Å². The summed E-state index contributed by atoms with van der Waals surface area (Å²) < 4.78 is 10.5. The van der Waals surface area contributed by atoms with Gasteiger partial charge in [0.15, 0.2) is 11.5 Å². The molecule has 0 saturated heterocycles. The van der Waals surface area contributed by atoms with Gasteiger partial charge in [-0.05, 0) is 36.2 Å². The first-order chi connectivity index (χ1) is 11.1. The highest BCUT2D eigenvalue weighted by atomic mass is 35.5. The second-order valence-electron chi connectivity index (χ2n) is 5.17. The SMILES string of the molecule is COc1ccc(C(C)NC(=O)c2ccccc2CN)cc1OC.Cl. The predicted molar refractivity (Wildman–Crippen MR) is 97.0 cm³/mol. The van der Waals surface area contributed by atoms with E-state index in [2.05, 4.69) is 5.32 Å². The van der Waals surface area contributed by atoms with E-state index in [0.717, 1.165) is 11.1 Å². The molecular weight excluding hydrogens is 328 g/mol. The zero-order chi connectivity index (χ0) is 16.8. The monoisotopic (exact) mass is 350 g/mol. The Kier molecular flexibility index (Phi) is 7.55. The number of rotatable bonds is 6. The summed E-state index contributed by atoms with van der Waals surface area (Å²) in [6.45, 7) is 2.25. The first-order valence-electron chi connectivity index (χ1n) is 7.41. The summed E-state index contributed by atoms with van der Waals surface area (Å²) >= 11 is 0. The van der Waals surface area contributed by atoms with Crippen LogP contribution in [0.15, 0.2) is 42.5 Å². The van der Waals surface area contributed by atoms with Crippen LogP contribution in [-0.4, -0.2) is 20.1 Å². The maximum Gasteiger partial charge on any atom is 0.252 e. The third kappa shape index (κ3) is 4.40. The molecule has 0 heterocycles. The lowest BCUT2D eigenvalue weighted by molar-refractivity contribution is 0.0939. The largest absolute Gasteiger partial charge is 0.493 e. The zero-order valence-electron chi connectivity index (χ0n) is 14.0. The van der Waals surface area contributed by atoms with Crippen molar-refractivity contribution in [3.05, 3.63) is 59.2 Å². The Morgan fingerprint density at radius 1 is 1.12 bits per heavy atom. The summed E-state index contributed by atoms with van der Waals surface area (Å²) in [6.07, 6.45) is 0. The molecule has 2 aromatic carbocycles. The highest BCUT2D eigenvalue weighted by Crippen LogP contribution is 2.30. The molecule has 3 N–H and O–H groups in total. The molecule has 1 atom stereocenters. The predicted octanol–water partition coefficient (Wildman–Crippen LogP) is 3.08. The van der Waals surface area contributed by atoms with Crippen LogP contribution in [0.2, 0.25) is 0 Å². The zero-order valence-corrected chi connectivity index (χ0v) is 14.9. The van der Waals surface area contributed by atoms with Gasteiger partial charge in [0.1, 0.15) is 0 Å². The fourth-order valence-electron chi connectivity index (χ4n) is 2.40. The number of nitrogens with one attached hydrogen (secondary N) is 1. The van der Waals surface area contributed by atoms with E-state index in [9.17, 15) is 4.79 Å². The van der Waals surface area contributed by atoms with Gasteiger partial charge in [0.2, 0.25) is 0 Å². The van der Waals surface area contributed by atoms with Crippen molar-refractivity contribution in [1.82, 2.24) is 5.32 Å². The number of hydrogen-bond donors (Lipinski definition) is 2. The molecule has 0 radical (unpaired) electrons. The van der Waals surface area contributed by atoms with Gasteiger partial charge in [-0.15, -0.1) is 12.4 Å². The van der Waals surface area contributed by atoms with Crippen molar-refractivity contribution in [2.24, 2.45) is 5.73 Å². The van der Waals surface area contributed by atoms with Crippen molar-refractivity contribution < 1.29 is 14.3 Å². The first kappa shape index (κ1) is 19.8. The van der Waals surface area contributed by atoms with Gasteiger partial charge in [0.25, 0.3) is 5.91 Å². The van der Waals surface area contributed by atoms with E-state index in [4.69, 9.17) is 15.2 Å². The van der Waals surface area contributed by atoms with Crippen molar-refractivity contribution in [1.29, 1.82) is 0 Å². The second-order valence-corrected chi connectivity index (χ2v) is 5.17. The van der Waals surface area contributed by atoms with Crippen LogP contribution in [0, 0.1) is 0 Å². The summed E-state index contributed by atoms with van der Waals surface area (Å²) in [4.78, 5) is 12.5. The van der Waals surface area contributed by atoms with Gasteiger partial charge in [0.05, 0.1) is 20.3 Å². The average molecular weight is 351 g/mol. The number of halogens is 1. The fourth-order valence-corrected chi connectivity index (χ4v) is 2.40. The molecule has 6 heteroatoms. The number of methoxy groups -OCH3 is 2. The third-order valence-corrected chi connectivity index (χ3v) is 3.74. The van der Waals surface area contributed by atoms with Crippen LogP contribution in [-0.2, 0) is 6.54 Å². The molecule has 1 unspecified atom stereocenters. The molecule has 0 fully saturated rings. The van der Waals surface area contributed by atoms with Gasteiger partial charge < -0.3 is 20.5 Å². The minimum atomic E-state index is -0.173. The van der Waals surface area contributed by atoms with Crippen molar-refractivity contribution in [2.75, 3.05) is 14.2 Å². The van der Waals surface area contributed by atoms with Gasteiger partial charge in [-0.1, -0.05) is 24.3 Å². The Morgan fingerprint density at radius 3 is 2.42 bits per heavy atom. The molecule has 0 aliphatic carbocycles. The summed E-state index contributed by atoms with van der Waals surface area (Å²) in [6, 6.07) is 12.7. The standard InChI is InChI=1S/C18H22N2O3.ClH/c1-12(13-8-9-16(22-2)17(10-13)23-3)20-18(21)15-7-5-4-6-14(15)11-19;/h4-10,12H,11,19H2,1-3H3,(H,20,21);1H. The van der Waals surface area contributed by atoms with E-state index in [1.165, 1.54) is 0 Å². The minimum absolute atomic E-state index is 0. The Labute approximate surface area is 148 Å². The highest BCUT2D eigenvalue weighted by molar-refractivity contribution is 5.95. The van der Waals surface area contributed by atoms with Gasteiger partial charge in [0, 0.05) is 12.1 Å². The molecule has 0 aliphatic rings. The van der Waals surface area contributed by atoms with E-state index in [1.807, 2.05) is 43.3 Å². The molecule has 5 nitrogen and oxygen atoms in total. The third-order valence-electron chi connectivity index (χ3n) is 3.74. The van der Waals surface area contributed by atoms with E-state index < -0.39 is 0 Å². The number of ether oxygens (including phenoxy) is 2. The van der Waals surface area contributed by atoms with Gasteiger partial charge in [-0.3, -0.25) is 4.79 Å². The number of benzene rings is 2. The fraction of sp³-hybridized carbons (Fsp3) is 0.278. The lowest BCUT2D eigenvalue weighted by Gasteiger charge is -2.17. The van der Waals surface area contributed by atoms with Crippen LogP contribution in [0.3, 0.4) is 0 Å². The van der Waals surface area contributed by atoms with Crippen molar-refractivity contribution >= 4 is 18.3 Å². The number of amides is 1. The lowest BCUT2D eigenvalue weighted by Crippen LogP contribution is -2.28. The van der Waals surface area contributed by atoms with E-state index in [1.54, 1.807) is 20.3 Å². The molecule has 24 heavy (non-hydrogen) atoms. The molecular formula is C18H23ClN2O3. The van der Waals surface area contributed by atoms with E-state index >= 15 is 0 Å². The number of carbonyl (C=O) groups is 1. The smallest absolute Gasteiger partial charge is 0.252 e. The van der Waals surface area contributed by atoms with Crippen molar-refractivity contribution in [2.45, 2.75) is 19.5 Å². The van der Waals surface area contributed by atoms with Crippen molar-refractivity contribution in [3.8, 4) is 11.5 Å². The first-order valence-corrected chi connectivity index (χ1v) is 7.41. The van der Waals surface area contributed by atoms with Crippen molar-refractivity contribution in [3.63, 3.8) is 0 Å². The molecule has 130 valence electrons. The quantitative estimate of drug-likeness (QED) is 0.839. The highest BCUT2D eigenvalue weighted by Gasteiger charge is 2.15. The van der Waals surface area contributed by atoms with Crippen LogP contribution in [0.1, 0.15) is 34.5 Å². The Hall–Kier alpha value is -2.24. The molecule has 2 rings (SSSR count). The lowest BCUT2D eigenvalue weighted by atomic mass is 10.0. The molecule has 0 aromatic heterocycles. The maximum absolute atomic E-state index is 12.5. The number of carbonyl (C=O) groups excluding carboxylic acids is 1. The molecule has 0 bridgehead atoms. The summed E-state index contributed by atoms with van der Waals surface area (Å²) in [5, 5.41) is 2.99. The van der Waals surface area contributed by atoms with Gasteiger partial charge in [-0.25, -0.2) is 0 Å². The molecule has 0 saturated carbocycles. The molecule has 0 aliphatic heterocycles. The second kappa shape index (κ2) is 9.15. The molecule has 0 spiro atoms. The van der Waals surface area contributed by atoms with Crippen LogP contribution < -0.4 is 20.5 Å². The Balaban J connectivity index is 0.00000288. The number of nitrogens with two attached hydrogens (primary N) is 1. The van der Waals surface area contributed by atoms with Crippen LogP contribution >= 0.6 is 12.4 Å². The Bertz CT molecular complexity index is 692. The Morgan fingerprint density at radius 2 is 1.79 bits per heavy atom. The van der Waals surface area contributed by atoms with Gasteiger partial charge in [-0.2, -0.15) is 0 Å². The topological polar surface area (TPSA) is 73.6 Å². The average Bonchev–Trinajstić information content (AvgIpc) is 2.60. The number of hydrogen-bond acceptors (Lipinski definition) is 4. The van der Waals surface area contributed by atoms with E-state index in [-0.39, 0.29) is 24.4 Å². The maximum atomic E-state index is 12.5. The van der Waals surface area contributed by atoms with Crippen LogP contribution in [0.4, 0.5) is 0 Å². The summed E-state index contributed by atoms with van der Waals surface area (Å²) in [5.74, 6) is 1.14. The van der Waals surface area contributed by atoms with Crippen LogP contribution in [0.25, 0.3) is 0 Å². The normalized spacial score (nSPS) is 11.2. The van der Waals surface area contributed by atoms with Crippen LogP contribution in [0.5, 0.6) is 11.5 Å².